The third-order valence-corrected chi connectivity index (χ3v) is 10.3. The lowest BCUT2D eigenvalue weighted by Gasteiger charge is -2.31. The first-order chi connectivity index (χ1) is 23.5. The number of carbonyl (C=O) groups excluding carboxylic acids is 5. The normalized spacial score (nSPS) is 16.0. The molecule has 3 N–H and O–H groups in total. The Kier molecular flexibility index (Phi) is 12.8. The van der Waals surface area contributed by atoms with Crippen molar-refractivity contribution in [3.63, 3.8) is 0 Å². The van der Waals surface area contributed by atoms with Crippen molar-refractivity contribution >= 4 is 52.5 Å². The van der Waals surface area contributed by atoms with E-state index in [2.05, 4.69) is 69.6 Å². The second-order valence-corrected chi connectivity index (χ2v) is 16.8. The number of benzene rings is 2. The van der Waals surface area contributed by atoms with Gasteiger partial charge in [0.1, 0.15) is 11.3 Å². The number of nitrogens with one attached hydrogen (secondary N) is 3. The van der Waals surface area contributed by atoms with Gasteiger partial charge in [-0.2, -0.15) is 0 Å². The molecule has 3 rings (SSSR count). The van der Waals surface area contributed by atoms with E-state index < -0.39 is 46.7 Å². The molecule has 0 aromatic heterocycles. The first-order valence-corrected chi connectivity index (χ1v) is 18.3. The molecule has 1 fully saturated rings. The van der Waals surface area contributed by atoms with E-state index in [0.29, 0.717) is 22.8 Å². The zero-order valence-electron chi connectivity index (χ0n) is 32.4. The van der Waals surface area contributed by atoms with E-state index in [0.717, 1.165) is 31.2 Å². The molecule has 2 aromatic rings. The molecule has 0 saturated carbocycles. The first-order valence-electron chi connectivity index (χ1n) is 17.9. The zero-order valence-corrected chi connectivity index (χ0v) is 33.2. The summed E-state index contributed by atoms with van der Waals surface area (Å²) in [5.41, 5.74) is 0.0800. The van der Waals surface area contributed by atoms with Gasteiger partial charge in [0, 0.05) is 16.7 Å². The van der Waals surface area contributed by atoms with Gasteiger partial charge in [-0.25, -0.2) is 9.69 Å². The lowest BCUT2D eigenvalue weighted by atomic mass is 9.76. The van der Waals surface area contributed by atoms with Gasteiger partial charge in [0.2, 0.25) is 0 Å². The summed E-state index contributed by atoms with van der Waals surface area (Å²) < 4.78 is 6.55. The van der Waals surface area contributed by atoms with Crippen LogP contribution in [0.1, 0.15) is 126 Å². The summed E-state index contributed by atoms with van der Waals surface area (Å²) in [4.78, 5) is 67.9. The number of urea groups is 1. The van der Waals surface area contributed by atoms with Gasteiger partial charge in [-0.3, -0.25) is 19.2 Å². The Morgan fingerprint density at radius 1 is 0.882 bits per heavy atom. The third kappa shape index (κ3) is 9.50. The van der Waals surface area contributed by atoms with Gasteiger partial charge in [-0.05, 0) is 80.2 Å². The molecule has 0 aliphatic carbocycles. The van der Waals surface area contributed by atoms with Crippen LogP contribution >= 0.6 is 11.6 Å². The minimum atomic E-state index is -1.75. The summed E-state index contributed by atoms with van der Waals surface area (Å²) in [6, 6.07) is 8.23. The largest absolute Gasteiger partial charge is 0.480 e. The molecule has 0 radical (unpaired) electrons. The highest BCUT2D eigenvalue weighted by Gasteiger charge is 2.53. The van der Waals surface area contributed by atoms with E-state index in [9.17, 15) is 24.0 Å². The second-order valence-electron chi connectivity index (χ2n) is 16.4. The average molecular weight is 725 g/mol. The van der Waals surface area contributed by atoms with Gasteiger partial charge < -0.3 is 20.7 Å². The number of ketones is 1. The van der Waals surface area contributed by atoms with Crippen molar-refractivity contribution in [3.8, 4) is 5.75 Å². The summed E-state index contributed by atoms with van der Waals surface area (Å²) >= 11 is 6.48. The molecule has 280 valence electrons. The maximum Gasteiger partial charge on any atom is 0.326 e. The van der Waals surface area contributed by atoms with Gasteiger partial charge in [0.15, 0.2) is 17.9 Å². The van der Waals surface area contributed by atoms with E-state index in [1.54, 1.807) is 26.8 Å². The van der Waals surface area contributed by atoms with Crippen LogP contribution in [0, 0.1) is 5.41 Å². The zero-order chi connectivity index (χ0) is 38.7. The third-order valence-electron chi connectivity index (χ3n) is 10.0. The first kappa shape index (κ1) is 41.5. The van der Waals surface area contributed by atoms with E-state index >= 15 is 0 Å². The van der Waals surface area contributed by atoms with Gasteiger partial charge in [0.25, 0.3) is 17.7 Å². The number of carbonyl (C=O) groups is 5. The topological polar surface area (TPSA) is 134 Å². The standard InChI is InChI=1S/C40H57ClN4O6/c1-13-16-17-30(51-29-21-18-24(38(7,8)14-2)22-26(29)39(9,10)15-3)33(47)42-25-19-20-27(41)28(23-25)43-34(48)31(32(46)37(4,5)6)45-35(49)40(11,12)44-36(45)50/h18-23,30-31H,13-17H2,1-12H3,(H,42,47)(H,43,48)(H,44,50). The van der Waals surface area contributed by atoms with Crippen molar-refractivity contribution in [2.75, 3.05) is 10.6 Å². The van der Waals surface area contributed by atoms with E-state index in [-0.39, 0.29) is 27.4 Å². The van der Waals surface area contributed by atoms with Crippen molar-refractivity contribution in [3.05, 3.63) is 52.5 Å². The fourth-order valence-electron chi connectivity index (χ4n) is 5.66. The van der Waals surface area contributed by atoms with E-state index in [1.165, 1.54) is 31.5 Å². The number of rotatable bonds is 15. The molecule has 0 bridgehead atoms. The van der Waals surface area contributed by atoms with Crippen LogP contribution in [-0.2, 0) is 30.0 Å². The van der Waals surface area contributed by atoms with Gasteiger partial charge in [0.05, 0.1) is 10.7 Å². The number of anilines is 2. The van der Waals surface area contributed by atoms with Crippen LogP contribution in [0.15, 0.2) is 36.4 Å². The summed E-state index contributed by atoms with van der Waals surface area (Å²) in [5.74, 6) is -1.95. The molecule has 2 unspecified atom stereocenters. The van der Waals surface area contributed by atoms with Crippen LogP contribution in [0.2, 0.25) is 5.02 Å². The van der Waals surface area contributed by atoms with Crippen LogP contribution in [0.5, 0.6) is 5.75 Å². The number of halogens is 1. The second kappa shape index (κ2) is 15.8. The summed E-state index contributed by atoms with van der Waals surface area (Å²) in [6.07, 6.45) is 3.14. The van der Waals surface area contributed by atoms with Gasteiger partial charge in [-0.1, -0.05) is 99.4 Å². The van der Waals surface area contributed by atoms with Crippen molar-refractivity contribution in [1.29, 1.82) is 0 Å². The monoisotopic (exact) mass is 724 g/mol. The summed E-state index contributed by atoms with van der Waals surface area (Å²) in [5, 5.41) is 8.20. The molecule has 5 amide bonds. The van der Waals surface area contributed by atoms with Gasteiger partial charge in [-0.15, -0.1) is 0 Å². The predicted molar refractivity (Wildman–Crippen MR) is 203 cm³/mol. The average Bonchev–Trinajstić information content (AvgIpc) is 3.25. The van der Waals surface area contributed by atoms with E-state index in [4.69, 9.17) is 16.3 Å². The molecule has 2 aromatic carbocycles. The number of unbranched alkanes of at least 4 members (excludes halogenated alkanes) is 1. The lowest BCUT2D eigenvalue weighted by molar-refractivity contribution is -0.144. The molecule has 1 saturated heterocycles. The Morgan fingerprint density at radius 2 is 1.51 bits per heavy atom. The van der Waals surface area contributed by atoms with Gasteiger partial charge >= 0.3 is 6.03 Å². The predicted octanol–water partition coefficient (Wildman–Crippen LogP) is 8.54. The molecule has 1 aliphatic rings. The smallest absolute Gasteiger partial charge is 0.326 e. The Balaban J connectivity index is 1.94. The quantitative estimate of drug-likeness (QED) is 0.125. The Labute approximate surface area is 308 Å². The molecule has 51 heavy (non-hydrogen) atoms. The maximum absolute atomic E-state index is 13.9. The number of amides is 5. The highest BCUT2D eigenvalue weighted by Crippen LogP contribution is 2.39. The molecule has 10 nitrogen and oxygen atoms in total. The number of Topliss-reactive ketones (excluding diaryl/α,β-unsaturated/α-hetero) is 1. The van der Waals surface area contributed by atoms with Crippen molar-refractivity contribution in [1.82, 2.24) is 10.2 Å². The minimum Gasteiger partial charge on any atom is -0.480 e. The molecule has 1 heterocycles. The molecule has 0 spiro atoms. The summed E-state index contributed by atoms with van der Waals surface area (Å²) in [6.45, 7) is 23.0. The number of imide groups is 1. The minimum absolute atomic E-state index is 0.0230. The molecular formula is C40H57ClN4O6. The fraction of sp³-hybridized carbons (Fsp3) is 0.575. The highest BCUT2D eigenvalue weighted by molar-refractivity contribution is 6.34. The SMILES string of the molecule is CCCCC(Oc1ccc(C(C)(C)CC)cc1C(C)(C)CC)C(=O)Nc1ccc(Cl)c(NC(=O)C(C(=O)C(C)(C)C)N2C(=O)NC(C)(C)C2=O)c1. The number of hydrogen-bond acceptors (Lipinski definition) is 6. The number of ether oxygens (including phenoxy) is 1. The molecule has 2 atom stereocenters. The Hall–Kier alpha value is -3.92. The maximum atomic E-state index is 13.9. The number of hydrogen-bond donors (Lipinski definition) is 3. The van der Waals surface area contributed by atoms with Crippen molar-refractivity contribution in [2.24, 2.45) is 5.41 Å². The Morgan fingerprint density at radius 3 is 2.04 bits per heavy atom. The molecule has 11 heteroatoms. The van der Waals surface area contributed by atoms with Crippen LogP contribution in [0.25, 0.3) is 0 Å². The van der Waals surface area contributed by atoms with Crippen LogP contribution in [0.4, 0.5) is 16.2 Å². The molecular weight excluding hydrogens is 668 g/mol. The lowest BCUT2D eigenvalue weighted by Crippen LogP contribution is -2.55. The van der Waals surface area contributed by atoms with Crippen LogP contribution in [-0.4, -0.2) is 52.1 Å². The van der Waals surface area contributed by atoms with Crippen LogP contribution in [0.3, 0.4) is 0 Å². The number of nitrogens with zero attached hydrogens (tertiary/aromatic N) is 1. The highest BCUT2D eigenvalue weighted by atomic mass is 35.5. The summed E-state index contributed by atoms with van der Waals surface area (Å²) in [7, 11) is 0. The Bertz CT molecular complexity index is 1660. The fourth-order valence-corrected chi connectivity index (χ4v) is 5.82. The van der Waals surface area contributed by atoms with Crippen molar-refractivity contribution < 1.29 is 28.7 Å². The van der Waals surface area contributed by atoms with E-state index in [1.807, 2.05) is 13.0 Å². The molecule has 1 aliphatic heterocycles. The van der Waals surface area contributed by atoms with Crippen LogP contribution < -0.4 is 20.7 Å². The van der Waals surface area contributed by atoms with Crippen molar-refractivity contribution in [2.45, 2.75) is 144 Å².